The molecule has 0 saturated carbocycles. The van der Waals surface area contributed by atoms with Gasteiger partial charge in [-0.3, -0.25) is 4.79 Å². The lowest BCUT2D eigenvalue weighted by Gasteiger charge is -2.04. The molecule has 0 amide bonds. The Hall–Kier alpha value is -0.560. The molecular weight excluding hydrogens is 297 g/mol. The first-order valence-corrected chi connectivity index (χ1v) is 5.53. The molecule has 0 bridgehead atoms. The van der Waals surface area contributed by atoms with Crippen molar-refractivity contribution >= 4 is 33.2 Å². The van der Waals surface area contributed by atoms with Crippen LogP contribution in [0.1, 0.15) is 15.3 Å². The van der Waals surface area contributed by atoms with E-state index in [1.54, 1.807) is 0 Å². The van der Waals surface area contributed by atoms with Crippen molar-refractivity contribution in [3.05, 3.63) is 21.9 Å². The highest BCUT2D eigenvalue weighted by Crippen LogP contribution is 2.37. The molecule has 0 aliphatic heterocycles. The highest BCUT2D eigenvalue weighted by Gasteiger charge is 2.33. The molecule has 0 fully saturated rings. The van der Waals surface area contributed by atoms with Crippen molar-refractivity contribution in [1.82, 2.24) is 0 Å². The largest absolute Gasteiger partial charge is 0.468 e. The van der Waals surface area contributed by atoms with Crippen molar-refractivity contribution in [2.75, 3.05) is 7.11 Å². The van der Waals surface area contributed by atoms with Crippen molar-refractivity contribution in [3.8, 4) is 0 Å². The van der Waals surface area contributed by atoms with Crippen molar-refractivity contribution in [3.63, 3.8) is 0 Å². The van der Waals surface area contributed by atoms with Crippen molar-refractivity contribution in [1.29, 1.82) is 0 Å². The second kappa shape index (κ2) is 4.52. The normalized spacial score (nSPS) is 13.7. The molecule has 0 aromatic carbocycles. The lowest BCUT2D eigenvalue weighted by atomic mass is 10.2. The molecular formula is C8H6BrF3O2S. The molecule has 0 aliphatic rings. The minimum atomic E-state index is -4.38. The summed E-state index contributed by atoms with van der Waals surface area (Å²) in [6.07, 6.45) is -4.38. The quantitative estimate of drug-likeness (QED) is 0.618. The molecule has 0 radical (unpaired) electrons. The predicted molar refractivity (Wildman–Crippen MR) is 53.0 cm³/mol. The van der Waals surface area contributed by atoms with Gasteiger partial charge in [0.2, 0.25) is 0 Å². The number of hydrogen-bond acceptors (Lipinski definition) is 3. The van der Waals surface area contributed by atoms with E-state index in [4.69, 9.17) is 0 Å². The van der Waals surface area contributed by atoms with Crippen LogP contribution in [-0.4, -0.2) is 13.1 Å². The van der Waals surface area contributed by atoms with E-state index in [1.807, 2.05) is 0 Å². The fourth-order valence-corrected chi connectivity index (χ4v) is 2.37. The third-order valence-electron chi connectivity index (χ3n) is 1.60. The average molecular weight is 303 g/mol. The van der Waals surface area contributed by atoms with Crippen molar-refractivity contribution in [2.45, 2.75) is 11.0 Å². The molecule has 15 heavy (non-hydrogen) atoms. The molecule has 1 rings (SSSR count). The summed E-state index contributed by atoms with van der Waals surface area (Å²) >= 11 is 3.82. The SMILES string of the molecule is COC(=O)C(Br)c1cc(C(F)(F)F)cs1. The van der Waals surface area contributed by atoms with Crippen LogP contribution in [-0.2, 0) is 15.7 Å². The number of carbonyl (C=O) groups is 1. The topological polar surface area (TPSA) is 26.3 Å². The van der Waals surface area contributed by atoms with E-state index >= 15 is 0 Å². The number of esters is 1. The van der Waals surface area contributed by atoms with Crippen molar-refractivity contribution in [2.24, 2.45) is 0 Å². The Bertz CT molecular complexity index is 361. The van der Waals surface area contributed by atoms with E-state index in [-0.39, 0.29) is 4.88 Å². The predicted octanol–water partition coefficient (Wildman–Crippen LogP) is 3.38. The van der Waals surface area contributed by atoms with Gasteiger partial charge in [0.25, 0.3) is 0 Å². The molecule has 1 unspecified atom stereocenters. The molecule has 0 saturated heterocycles. The smallest absolute Gasteiger partial charge is 0.417 e. The Balaban J connectivity index is 2.89. The van der Waals surface area contributed by atoms with Crippen LogP contribution in [0.15, 0.2) is 11.4 Å². The lowest BCUT2D eigenvalue weighted by Crippen LogP contribution is -2.07. The maximum Gasteiger partial charge on any atom is 0.417 e. The maximum absolute atomic E-state index is 12.2. The van der Waals surface area contributed by atoms with Crippen LogP contribution in [0.25, 0.3) is 0 Å². The van der Waals surface area contributed by atoms with Crippen LogP contribution < -0.4 is 0 Å². The van der Waals surface area contributed by atoms with Gasteiger partial charge in [0, 0.05) is 10.3 Å². The summed E-state index contributed by atoms with van der Waals surface area (Å²) in [6, 6.07) is 0.932. The third-order valence-corrected chi connectivity index (χ3v) is 3.77. The molecule has 0 aliphatic carbocycles. The second-order valence-corrected chi connectivity index (χ2v) is 4.48. The van der Waals surface area contributed by atoms with Gasteiger partial charge in [-0.15, -0.1) is 11.3 Å². The van der Waals surface area contributed by atoms with E-state index in [0.29, 0.717) is 0 Å². The van der Waals surface area contributed by atoms with Crippen LogP contribution >= 0.6 is 27.3 Å². The molecule has 1 heterocycles. The second-order valence-electron chi connectivity index (χ2n) is 2.62. The highest BCUT2D eigenvalue weighted by atomic mass is 79.9. The minimum Gasteiger partial charge on any atom is -0.468 e. The van der Waals surface area contributed by atoms with Crippen LogP contribution in [0.2, 0.25) is 0 Å². The van der Waals surface area contributed by atoms with Gasteiger partial charge < -0.3 is 4.74 Å². The molecule has 2 nitrogen and oxygen atoms in total. The highest BCUT2D eigenvalue weighted by molar-refractivity contribution is 9.09. The molecule has 1 aromatic rings. The number of rotatable bonds is 2. The average Bonchev–Trinajstić information content (AvgIpc) is 2.63. The van der Waals surface area contributed by atoms with Gasteiger partial charge >= 0.3 is 12.1 Å². The number of halogens is 4. The van der Waals surface area contributed by atoms with E-state index < -0.39 is 22.5 Å². The van der Waals surface area contributed by atoms with E-state index in [0.717, 1.165) is 22.8 Å². The molecule has 1 atom stereocenters. The Morgan fingerprint density at radius 2 is 2.20 bits per heavy atom. The zero-order valence-corrected chi connectivity index (χ0v) is 9.87. The van der Waals surface area contributed by atoms with E-state index in [1.165, 1.54) is 7.11 Å². The zero-order valence-electron chi connectivity index (χ0n) is 7.47. The van der Waals surface area contributed by atoms with Crippen LogP contribution in [0, 0.1) is 0 Å². The molecule has 7 heteroatoms. The number of thiophene rings is 1. The molecule has 0 N–H and O–H groups in total. The summed E-state index contributed by atoms with van der Waals surface area (Å²) in [7, 11) is 1.18. The number of hydrogen-bond donors (Lipinski definition) is 0. The first-order chi connectivity index (χ1) is 6.86. The van der Waals surface area contributed by atoms with Gasteiger partial charge in [-0.1, -0.05) is 15.9 Å². The Kier molecular flexibility index (Phi) is 3.77. The summed E-state index contributed by atoms with van der Waals surface area (Å²) in [4.78, 5) is 10.5. The van der Waals surface area contributed by atoms with Gasteiger partial charge in [-0.05, 0) is 6.07 Å². The van der Waals surface area contributed by atoms with Gasteiger partial charge in [0.1, 0.15) is 4.83 Å². The van der Waals surface area contributed by atoms with Gasteiger partial charge in [-0.2, -0.15) is 13.2 Å². The Morgan fingerprint density at radius 1 is 1.60 bits per heavy atom. The standard InChI is InChI=1S/C8H6BrF3O2S/c1-14-7(13)6(9)5-2-4(3-15-5)8(10,11)12/h2-3,6H,1H3. The summed E-state index contributed by atoms with van der Waals surface area (Å²) in [6.45, 7) is 0. The third kappa shape index (κ3) is 2.94. The van der Waals surface area contributed by atoms with Crippen LogP contribution in [0.4, 0.5) is 13.2 Å². The summed E-state index contributed by atoms with van der Waals surface area (Å²) in [5.74, 6) is -0.620. The first kappa shape index (κ1) is 12.5. The number of methoxy groups -OCH3 is 1. The fourth-order valence-electron chi connectivity index (χ4n) is 0.854. The van der Waals surface area contributed by atoms with Gasteiger partial charge in [-0.25, -0.2) is 0 Å². The summed E-state index contributed by atoms with van der Waals surface area (Å²) < 4.78 is 41.1. The number of carbonyl (C=O) groups excluding carboxylic acids is 1. The van der Waals surface area contributed by atoms with Gasteiger partial charge in [0.05, 0.1) is 12.7 Å². The lowest BCUT2D eigenvalue weighted by molar-refractivity contribution is -0.140. The summed E-state index contributed by atoms with van der Waals surface area (Å²) in [5, 5.41) is 0.965. The monoisotopic (exact) mass is 302 g/mol. The molecule has 1 aromatic heterocycles. The summed E-state index contributed by atoms with van der Waals surface area (Å²) in [5.41, 5.74) is -0.754. The molecule has 0 spiro atoms. The Labute approximate surface area is 96.2 Å². The van der Waals surface area contributed by atoms with E-state index in [9.17, 15) is 18.0 Å². The minimum absolute atomic E-state index is 0.272. The Morgan fingerprint density at radius 3 is 2.60 bits per heavy atom. The fraction of sp³-hybridized carbons (Fsp3) is 0.375. The number of alkyl halides is 4. The molecule has 84 valence electrons. The zero-order chi connectivity index (χ0) is 11.6. The van der Waals surface area contributed by atoms with Gasteiger partial charge in [0.15, 0.2) is 0 Å². The first-order valence-electron chi connectivity index (χ1n) is 3.73. The van der Waals surface area contributed by atoms with Crippen LogP contribution in [0.3, 0.4) is 0 Å². The maximum atomic E-state index is 12.2. The number of ether oxygens (including phenoxy) is 1. The van der Waals surface area contributed by atoms with E-state index in [2.05, 4.69) is 20.7 Å². The van der Waals surface area contributed by atoms with Crippen molar-refractivity contribution < 1.29 is 22.7 Å². The van der Waals surface area contributed by atoms with Crippen LogP contribution in [0.5, 0.6) is 0 Å².